The van der Waals surface area contributed by atoms with E-state index in [2.05, 4.69) is 4.98 Å². The SMILES string of the molecule is COC(=O)C(C)n1c(CCCl)nc2cc(I)c(F)cc21. The van der Waals surface area contributed by atoms with Gasteiger partial charge in [0.15, 0.2) is 0 Å². The molecule has 0 N–H and O–H groups in total. The Labute approximate surface area is 134 Å². The molecule has 1 atom stereocenters. The number of fused-ring (bicyclic) bond motifs is 1. The van der Waals surface area contributed by atoms with Gasteiger partial charge >= 0.3 is 5.97 Å². The third-order valence-electron chi connectivity index (χ3n) is 3.05. The van der Waals surface area contributed by atoms with E-state index >= 15 is 0 Å². The monoisotopic (exact) mass is 410 g/mol. The van der Waals surface area contributed by atoms with Crippen molar-refractivity contribution in [3.8, 4) is 0 Å². The van der Waals surface area contributed by atoms with E-state index < -0.39 is 12.0 Å². The van der Waals surface area contributed by atoms with Crippen LogP contribution in [-0.4, -0.2) is 28.5 Å². The highest BCUT2D eigenvalue weighted by atomic mass is 127. The lowest BCUT2D eigenvalue weighted by atomic mass is 10.2. The molecule has 0 aliphatic rings. The summed E-state index contributed by atoms with van der Waals surface area (Å²) in [6.45, 7) is 1.69. The van der Waals surface area contributed by atoms with Gasteiger partial charge in [-0.15, -0.1) is 11.6 Å². The zero-order valence-electron chi connectivity index (χ0n) is 11.0. The molecule has 0 aliphatic heterocycles. The van der Waals surface area contributed by atoms with Crippen LogP contribution in [0.3, 0.4) is 0 Å². The normalized spacial score (nSPS) is 12.7. The van der Waals surface area contributed by atoms with Gasteiger partial charge in [-0.1, -0.05) is 0 Å². The first-order valence-corrected chi connectivity index (χ1v) is 7.60. The minimum atomic E-state index is -0.581. The number of esters is 1. The van der Waals surface area contributed by atoms with Gasteiger partial charge in [-0.2, -0.15) is 0 Å². The minimum absolute atomic E-state index is 0.339. The zero-order chi connectivity index (χ0) is 14.9. The van der Waals surface area contributed by atoms with Crippen LogP contribution in [0.4, 0.5) is 4.39 Å². The Kier molecular flexibility index (Phi) is 4.85. The van der Waals surface area contributed by atoms with Crippen LogP contribution in [-0.2, 0) is 16.0 Å². The van der Waals surface area contributed by atoms with Crippen molar-refractivity contribution in [2.45, 2.75) is 19.4 Å². The summed E-state index contributed by atoms with van der Waals surface area (Å²) in [7, 11) is 1.32. The van der Waals surface area contributed by atoms with Gasteiger partial charge in [0, 0.05) is 18.4 Å². The standard InChI is InChI=1S/C13H13ClFIN2O2/c1-7(13(19)20-2)18-11-5-8(15)9(16)6-10(11)17-12(18)3-4-14/h5-7H,3-4H2,1-2H3. The predicted molar refractivity (Wildman–Crippen MR) is 83.6 cm³/mol. The summed E-state index contributed by atoms with van der Waals surface area (Å²) in [4.78, 5) is 16.2. The van der Waals surface area contributed by atoms with Crippen molar-refractivity contribution >= 4 is 51.2 Å². The fraction of sp³-hybridized carbons (Fsp3) is 0.385. The smallest absolute Gasteiger partial charge is 0.328 e. The maximum atomic E-state index is 13.8. The quantitative estimate of drug-likeness (QED) is 0.441. The van der Waals surface area contributed by atoms with E-state index in [-0.39, 0.29) is 5.82 Å². The summed E-state index contributed by atoms with van der Waals surface area (Å²) in [5.74, 6) is 0.277. The second-order valence-corrected chi connectivity index (χ2v) is 5.83. The first-order chi connectivity index (χ1) is 9.49. The predicted octanol–water partition coefficient (Wildman–Crippen LogP) is 3.30. The molecule has 20 heavy (non-hydrogen) atoms. The van der Waals surface area contributed by atoms with Crippen molar-refractivity contribution in [1.29, 1.82) is 0 Å². The van der Waals surface area contributed by atoms with E-state index in [1.165, 1.54) is 13.2 Å². The van der Waals surface area contributed by atoms with E-state index in [0.717, 1.165) is 0 Å². The maximum Gasteiger partial charge on any atom is 0.328 e. The molecule has 0 aliphatic carbocycles. The van der Waals surface area contributed by atoms with Gasteiger partial charge in [-0.25, -0.2) is 14.2 Å². The molecule has 0 amide bonds. The van der Waals surface area contributed by atoms with Gasteiger partial charge in [0.1, 0.15) is 17.7 Å². The molecule has 0 spiro atoms. The number of hydrogen-bond donors (Lipinski definition) is 0. The summed E-state index contributed by atoms with van der Waals surface area (Å²) in [6.07, 6.45) is 0.496. The molecule has 108 valence electrons. The summed E-state index contributed by atoms with van der Waals surface area (Å²) < 4.78 is 20.7. The van der Waals surface area contributed by atoms with E-state index in [0.29, 0.717) is 32.7 Å². The Bertz CT molecular complexity index is 659. The summed E-state index contributed by atoms with van der Waals surface area (Å²) in [6, 6.07) is 2.47. The fourth-order valence-electron chi connectivity index (χ4n) is 2.11. The molecule has 0 saturated carbocycles. The van der Waals surface area contributed by atoms with Gasteiger partial charge in [-0.3, -0.25) is 0 Å². The topological polar surface area (TPSA) is 44.1 Å². The first kappa shape index (κ1) is 15.5. The fourth-order valence-corrected chi connectivity index (χ4v) is 2.73. The highest BCUT2D eigenvalue weighted by Gasteiger charge is 2.22. The number of aromatic nitrogens is 2. The van der Waals surface area contributed by atoms with Crippen LogP contribution in [0.2, 0.25) is 0 Å². The number of ether oxygens (including phenoxy) is 1. The van der Waals surface area contributed by atoms with E-state index in [4.69, 9.17) is 16.3 Å². The number of methoxy groups -OCH3 is 1. The number of hydrogen-bond acceptors (Lipinski definition) is 3. The van der Waals surface area contributed by atoms with Crippen LogP contribution in [0.5, 0.6) is 0 Å². The van der Waals surface area contributed by atoms with Gasteiger partial charge in [0.2, 0.25) is 0 Å². The average molecular weight is 411 g/mol. The average Bonchev–Trinajstić information content (AvgIpc) is 2.75. The van der Waals surface area contributed by atoms with Crippen molar-refractivity contribution in [3.63, 3.8) is 0 Å². The molecule has 7 heteroatoms. The Balaban J connectivity index is 2.67. The molecule has 0 saturated heterocycles. The lowest BCUT2D eigenvalue weighted by molar-refractivity contribution is -0.143. The van der Waals surface area contributed by atoms with Crippen molar-refractivity contribution in [1.82, 2.24) is 9.55 Å². The largest absolute Gasteiger partial charge is 0.467 e. The molecular weight excluding hydrogens is 398 g/mol. The third kappa shape index (κ3) is 2.76. The number of alkyl halides is 1. The lowest BCUT2D eigenvalue weighted by Crippen LogP contribution is -2.20. The van der Waals surface area contributed by atoms with Gasteiger partial charge in [-0.05, 0) is 35.6 Å². The molecule has 1 aromatic carbocycles. The summed E-state index contributed by atoms with van der Waals surface area (Å²) in [5, 5.41) is 0. The molecule has 1 heterocycles. The molecule has 0 radical (unpaired) electrons. The minimum Gasteiger partial charge on any atom is -0.467 e. The van der Waals surface area contributed by atoms with Crippen LogP contribution < -0.4 is 0 Å². The number of nitrogens with zero attached hydrogens (tertiary/aromatic N) is 2. The zero-order valence-corrected chi connectivity index (χ0v) is 13.9. The third-order valence-corrected chi connectivity index (χ3v) is 4.07. The maximum absolute atomic E-state index is 13.8. The van der Waals surface area contributed by atoms with Crippen molar-refractivity contribution < 1.29 is 13.9 Å². The molecule has 2 rings (SSSR count). The highest BCUT2D eigenvalue weighted by molar-refractivity contribution is 14.1. The Morgan fingerprint density at radius 2 is 2.30 bits per heavy atom. The molecule has 1 aromatic heterocycles. The van der Waals surface area contributed by atoms with Crippen molar-refractivity contribution in [2.75, 3.05) is 13.0 Å². The Morgan fingerprint density at radius 1 is 1.60 bits per heavy atom. The van der Waals surface area contributed by atoms with Crippen LogP contribution in [0.15, 0.2) is 12.1 Å². The van der Waals surface area contributed by atoms with E-state index in [1.54, 1.807) is 17.6 Å². The Morgan fingerprint density at radius 3 is 2.90 bits per heavy atom. The van der Waals surface area contributed by atoms with Crippen molar-refractivity contribution in [2.24, 2.45) is 0 Å². The van der Waals surface area contributed by atoms with Crippen LogP contribution in [0, 0.1) is 9.39 Å². The van der Waals surface area contributed by atoms with Gasteiger partial charge in [0.05, 0.1) is 21.7 Å². The number of benzene rings is 1. The first-order valence-electron chi connectivity index (χ1n) is 5.99. The number of rotatable bonds is 4. The van der Waals surface area contributed by atoms with Gasteiger partial charge < -0.3 is 9.30 Å². The van der Waals surface area contributed by atoms with E-state index in [9.17, 15) is 9.18 Å². The summed E-state index contributed by atoms with van der Waals surface area (Å²) >= 11 is 7.68. The number of carbonyl (C=O) groups is 1. The molecular formula is C13H13ClFIN2O2. The second-order valence-electron chi connectivity index (χ2n) is 4.29. The Hall–Kier alpha value is -0.890. The molecule has 4 nitrogen and oxygen atoms in total. The number of imidazole rings is 1. The van der Waals surface area contributed by atoms with Crippen molar-refractivity contribution in [3.05, 3.63) is 27.3 Å². The molecule has 2 aromatic rings. The van der Waals surface area contributed by atoms with Crippen LogP contribution in [0.25, 0.3) is 11.0 Å². The van der Waals surface area contributed by atoms with E-state index in [1.807, 2.05) is 22.6 Å². The van der Waals surface area contributed by atoms with Gasteiger partial charge in [0.25, 0.3) is 0 Å². The summed E-state index contributed by atoms with van der Waals surface area (Å²) in [5.41, 5.74) is 1.22. The molecule has 1 unspecified atom stereocenters. The lowest BCUT2D eigenvalue weighted by Gasteiger charge is -2.15. The number of halogens is 3. The van der Waals surface area contributed by atoms with Crippen LogP contribution in [0.1, 0.15) is 18.8 Å². The van der Waals surface area contributed by atoms with Crippen LogP contribution >= 0.6 is 34.2 Å². The molecule has 0 bridgehead atoms. The molecule has 0 fully saturated rings. The second kappa shape index (κ2) is 6.26. The highest BCUT2D eigenvalue weighted by Crippen LogP contribution is 2.26. The number of carbonyl (C=O) groups excluding carboxylic acids is 1. The number of aryl methyl sites for hydroxylation is 1.